The van der Waals surface area contributed by atoms with Crippen molar-refractivity contribution in [3.8, 4) is 11.4 Å². The number of fused-ring (bicyclic) bond motifs is 1. The van der Waals surface area contributed by atoms with E-state index in [-0.39, 0.29) is 0 Å². The zero-order valence-electron chi connectivity index (χ0n) is 15.0. The predicted molar refractivity (Wildman–Crippen MR) is 101 cm³/mol. The summed E-state index contributed by atoms with van der Waals surface area (Å²) in [4.78, 5) is 16.4. The van der Waals surface area contributed by atoms with Gasteiger partial charge in [0.15, 0.2) is 5.82 Å². The molecule has 2 aromatic heterocycles. The first-order valence-electron chi connectivity index (χ1n) is 9.52. The lowest BCUT2D eigenvalue weighted by Crippen LogP contribution is -2.28. The Morgan fingerprint density at radius 3 is 3.04 bits per heavy atom. The summed E-state index contributed by atoms with van der Waals surface area (Å²) in [6.45, 7) is 3.40. The number of nitrogens with zero attached hydrogens (tertiary/aromatic N) is 4. The minimum absolute atomic E-state index is 0.696. The molecule has 5 nitrogen and oxygen atoms in total. The second-order valence-electron chi connectivity index (χ2n) is 7.42. The van der Waals surface area contributed by atoms with Gasteiger partial charge in [-0.15, -0.1) is 0 Å². The molecule has 0 aromatic carbocycles. The van der Waals surface area contributed by atoms with Gasteiger partial charge in [-0.25, -0.2) is 9.97 Å². The van der Waals surface area contributed by atoms with Crippen LogP contribution in [0.4, 0.5) is 5.82 Å². The van der Waals surface area contributed by atoms with E-state index in [9.17, 15) is 0 Å². The summed E-state index contributed by atoms with van der Waals surface area (Å²) in [6.07, 6.45) is 10.9. The number of hydrogen-bond acceptors (Lipinski definition) is 5. The fraction of sp³-hybridized carbons (Fsp3) is 0.550. The van der Waals surface area contributed by atoms with E-state index >= 15 is 0 Å². The number of rotatable bonds is 4. The highest BCUT2D eigenvalue weighted by atomic mass is 15.1. The fourth-order valence-corrected chi connectivity index (χ4v) is 4.05. The van der Waals surface area contributed by atoms with Crippen LogP contribution in [0.3, 0.4) is 0 Å². The normalized spacial score (nSPS) is 20.9. The second-order valence-corrected chi connectivity index (χ2v) is 7.42. The molecule has 1 N–H and O–H groups in total. The average Bonchev–Trinajstić information content (AvgIpc) is 3.02. The van der Waals surface area contributed by atoms with Gasteiger partial charge in [0.25, 0.3) is 0 Å². The summed E-state index contributed by atoms with van der Waals surface area (Å²) in [5.41, 5.74) is 3.54. The van der Waals surface area contributed by atoms with Crippen LogP contribution in [0.15, 0.2) is 24.5 Å². The maximum absolute atomic E-state index is 4.87. The van der Waals surface area contributed by atoms with Crippen LogP contribution in [-0.4, -0.2) is 46.5 Å². The molecule has 0 radical (unpaired) electrons. The van der Waals surface area contributed by atoms with E-state index in [1.54, 1.807) is 6.20 Å². The summed E-state index contributed by atoms with van der Waals surface area (Å²) in [5, 5.41) is 3.68. The molecule has 2 aromatic rings. The van der Waals surface area contributed by atoms with Crippen molar-refractivity contribution < 1.29 is 0 Å². The van der Waals surface area contributed by atoms with Crippen LogP contribution in [0.25, 0.3) is 11.4 Å². The number of anilines is 1. The summed E-state index contributed by atoms with van der Waals surface area (Å²) < 4.78 is 0. The summed E-state index contributed by atoms with van der Waals surface area (Å²) in [7, 11) is 2.24. The van der Waals surface area contributed by atoms with Crippen LogP contribution < -0.4 is 5.32 Å². The maximum Gasteiger partial charge on any atom is 0.163 e. The number of likely N-dealkylation sites (tertiary alicyclic amines) is 1. The number of aryl methyl sites for hydroxylation is 1. The van der Waals surface area contributed by atoms with E-state index in [1.807, 2.05) is 18.3 Å². The molecule has 0 amide bonds. The molecule has 4 rings (SSSR count). The monoisotopic (exact) mass is 337 g/mol. The van der Waals surface area contributed by atoms with Crippen molar-refractivity contribution in [3.63, 3.8) is 0 Å². The Kier molecular flexibility index (Phi) is 4.92. The Labute approximate surface area is 149 Å². The smallest absolute Gasteiger partial charge is 0.163 e. The summed E-state index contributed by atoms with van der Waals surface area (Å²) in [5.74, 6) is 2.55. The van der Waals surface area contributed by atoms with Gasteiger partial charge in [-0.3, -0.25) is 4.98 Å². The number of hydrogen-bond donors (Lipinski definition) is 1. The Morgan fingerprint density at radius 1 is 1.20 bits per heavy atom. The topological polar surface area (TPSA) is 53.9 Å². The van der Waals surface area contributed by atoms with Crippen LogP contribution in [-0.2, 0) is 12.8 Å². The zero-order chi connectivity index (χ0) is 17.1. The van der Waals surface area contributed by atoms with Gasteiger partial charge in [0.2, 0.25) is 0 Å². The van der Waals surface area contributed by atoms with Crippen molar-refractivity contribution in [2.75, 3.05) is 32.0 Å². The van der Waals surface area contributed by atoms with Gasteiger partial charge in [0.05, 0.1) is 0 Å². The minimum Gasteiger partial charge on any atom is -0.369 e. The molecular weight excluding hydrogens is 310 g/mol. The summed E-state index contributed by atoms with van der Waals surface area (Å²) in [6, 6.07) is 3.98. The highest BCUT2D eigenvalue weighted by Gasteiger charge is 2.21. The van der Waals surface area contributed by atoms with Gasteiger partial charge in [-0.05, 0) is 63.7 Å². The van der Waals surface area contributed by atoms with E-state index in [0.717, 1.165) is 36.6 Å². The number of pyridine rings is 1. The summed E-state index contributed by atoms with van der Waals surface area (Å²) >= 11 is 0. The van der Waals surface area contributed by atoms with Crippen molar-refractivity contribution in [3.05, 3.63) is 35.8 Å². The lowest BCUT2D eigenvalue weighted by Gasteiger charge is -2.21. The lowest BCUT2D eigenvalue weighted by atomic mass is 10.0. The van der Waals surface area contributed by atoms with E-state index in [4.69, 9.17) is 9.97 Å². The Balaban J connectivity index is 1.55. The van der Waals surface area contributed by atoms with E-state index in [1.165, 1.54) is 50.0 Å². The first kappa shape index (κ1) is 16.5. The quantitative estimate of drug-likeness (QED) is 0.929. The number of nitrogens with one attached hydrogen (secondary N) is 1. The van der Waals surface area contributed by atoms with Gasteiger partial charge in [-0.1, -0.05) is 6.42 Å². The van der Waals surface area contributed by atoms with Gasteiger partial charge >= 0.3 is 0 Å². The van der Waals surface area contributed by atoms with Crippen molar-refractivity contribution in [1.29, 1.82) is 0 Å². The maximum atomic E-state index is 4.87. The second kappa shape index (κ2) is 7.48. The first-order valence-corrected chi connectivity index (χ1v) is 9.52. The van der Waals surface area contributed by atoms with Crippen molar-refractivity contribution in [2.45, 2.75) is 38.5 Å². The lowest BCUT2D eigenvalue weighted by molar-refractivity contribution is 0.305. The Morgan fingerprint density at radius 2 is 2.16 bits per heavy atom. The van der Waals surface area contributed by atoms with Crippen molar-refractivity contribution in [2.24, 2.45) is 5.92 Å². The molecule has 25 heavy (non-hydrogen) atoms. The molecule has 5 heteroatoms. The molecule has 0 bridgehead atoms. The molecule has 1 saturated heterocycles. The minimum atomic E-state index is 0.696. The van der Waals surface area contributed by atoms with Crippen molar-refractivity contribution in [1.82, 2.24) is 19.9 Å². The third-order valence-corrected chi connectivity index (χ3v) is 5.38. The van der Waals surface area contributed by atoms with Crippen LogP contribution in [0.1, 0.15) is 36.9 Å². The van der Waals surface area contributed by atoms with Gasteiger partial charge < -0.3 is 10.2 Å². The molecule has 0 saturated carbocycles. The van der Waals surface area contributed by atoms with E-state index in [2.05, 4.69) is 22.2 Å². The van der Waals surface area contributed by atoms with Crippen LogP contribution >= 0.6 is 0 Å². The molecule has 132 valence electrons. The Hall–Kier alpha value is -2.01. The van der Waals surface area contributed by atoms with Crippen molar-refractivity contribution >= 4 is 5.82 Å². The van der Waals surface area contributed by atoms with Crippen LogP contribution in [0, 0.1) is 5.92 Å². The zero-order valence-corrected chi connectivity index (χ0v) is 15.0. The molecular formula is C20H27N5. The largest absolute Gasteiger partial charge is 0.369 e. The van der Waals surface area contributed by atoms with Gasteiger partial charge in [0, 0.05) is 42.3 Å². The average molecular weight is 337 g/mol. The van der Waals surface area contributed by atoms with E-state index in [0.29, 0.717) is 5.92 Å². The predicted octanol–water partition coefficient (Wildman–Crippen LogP) is 3.17. The number of aromatic nitrogens is 3. The molecule has 1 atom stereocenters. The first-order chi connectivity index (χ1) is 12.3. The van der Waals surface area contributed by atoms with Crippen LogP contribution in [0.2, 0.25) is 0 Å². The molecule has 1 aliphatic heterocycles. The highest BCUT2D eigenvalue weighted by molar-refractivity contribution is 5.59. The molecule has 1 fully saturated rings. The Bertz CT molecular complexity index is 716. The van der Waals surface area contributed by atoms with E-state index < -0.39 is 0 Å². The standard InChI is InChI=1S/C20H27N5/c1-25-11-3-2-6-15(14-25)12-22-20-17-8-4-9-18(17)23-19(24-20)16-7-5-10-21-13-16/h5,7,10,13,15H,2-4,6,8-9,11-12,14H2,1H3,(H,22,23,24). The highest BCUT2D eigenvalue weighted by Crippen LogP contribution is 2.29. The molecule has 0 spiro atoms. The fourth-order valence-electron chi connectivity index (χ4n) is 4.05. The molecule has 3 heterocycles. The SMILES string of the molecule is CN1CCCCC(CNc2nc(-c3cccnc3)nc3c2CCC3)C1. The van der Waals surface area contributed by atoms with Gasteiger partial charge in [-0.2, -0.15) is 0 Å². The van der Waals surface area contributed by atoms with Gasteiger partial charge in [0.1, 0.15) is 5.82 Å². The third kappa shape index (κ3) is 3.82. The third-order valence-electron chi connectivity index (χ3n) is 5.38. The molecule has 1 aliphatic carbocycles. The molecule has 2 aliphatic rings. The molecule has 1 unspecified atom stereocenters. The van der Waals surface area contributed by atoms with Crippen LogP contribution in [0.5, 0.6) is 0 Å².